The molecule has 0 saturated heterocycles. The van der Waals surface area contributed by atoms with Crippen LogP contribution in [0.2, 0.25) is 0 Å². The molecule has 11 heteroatoms. The molecule has 29 heavy (non-hydrogen) atoms. The largest absolute Gasteiger partial charge is 0.416 e. The number of anilines is 2. The van der Waals surface area contributed by atoms with E-state index >= 15 is 0 Å². The highest BCUT2D eigenvalue weighted by molar-refractivity contribution is 5.94. The number of imidazole rings is 1. The first-order valence-electron chi connectivity index (χ1n) is 8.26. The molecule has 0 bridgehead atoms. The summed E-state index contributed by atoms with van der Waals surface area (Å²) in [4.78, 5) is 6.84. The standard InChI is InChI=1S/C18H13F6N5/c1-28(2)29-16-12(21)3-8(18(22,23)24)4-14(16)26-17(29)27-15-7-25-13-6-11(20)10(19)5-9(13)15/h3-7,25H,1-2H3,(H,26,27). The Morgan fingerprint density at radius 1 is 1.00 bits per heavy atom. The Morgan fingerprint density at radius 2 is 1.69 bits per heavy atom. The molecule has 0 amide bonds. The fraction of sp³-hybridized carbons (Fsp3) is 0.167. The van der Waals surface area contributed by atoms with Crippen LogP contribution >= 0.6 is 0 Å². The lowest BCUT2D eigenvalue weighted by molar-refractivity contribution is -0.137. The molecule has 4 rings (SSSR count). The highest BCUT2D eigenvalue weighted by Gasteiger charge is 2.33. The van der Waals surface area contributed by atoms with Crippen molar-refractivity contribution in [1.29, 1.82) is 0 Å². The van der Waals surface area contributed by atoms with Gasteiger partial charge in [-0.2, -0.15) is 13.2 Å². The van der Waals surface area contributed by atoms with E-state index in [-0.39, 0.29) is 28.1 Å². The molecule has 0 spiro atoms. The molecule has 0 atom stereocenters. The SMILES string of the molecule is CN(C)n1c(Nc2c[nH]c3cc(F)c(F)cc23)nc2cc(C(F)(F)F)cc(F)c21. The maximum Gasteiger partial charge on any atom is 0.416 e. The van der Waals surface area contributed by atoms with Crippen molar-refractivity contribution in [1.82, 2.24) is 14.6 Å². The molecule has 0 unspecified atom stereocenters. The highest BCUT2D eigenvalue weighted by atomic mass is 19.4. The number of fused-ring (bicyclic) bond motifs is 2. The Kier molecular flexibility index (Phi) is 4.14. The summed E-state index contributed by atoms with van der Waals surface area (Å²) in [7, 11) is 3.10. The van der Waals surface area contributed by atoms with Gasteiger partial charge in [0.25, 0.3) is 0 Å². The number of aromatic amines is 1. The van der Waals surface area contributed by atoms with Crippen molar-refractivity contribution >= 4 is 33.6 Å². The molecule has 0 aliphatic heterocycles. The van der Waals surface area contributed by atoms with Crippen molar-refractivity contribution < 1.29 is 26.3 Å². The Morgan fingerprint density at radius 3 is 2.34 bits per heavy atom. The molecule has 0 saturated carbocycles. The number of nitrogens with one attached hydrogen (secondary N) is 2. The second-order valence-electron chi connectivity index (χ2n) is 6.56. The van der Waals surface area contributed by atoms with E-state index in [0.29, 0.717) is 11.6 Å². The molecule has 0 aliphatic rings. The second-order valence-corrected chi connectivity index (χ2v) is 6.56. The summed E-state index contributed by atoms with van der Waals surface area (Å²) in [5.74, 6) is -3.21. The third-order valence-corrected chi connectivity index (χ3v) is 4.38. The molecule has 2 aromatic carbocycles. The van der Waals surface area contributed by atoms with E-state index in [9.17, 15) is 26.3 Å². The predicted molar refractivity (Wildman–Crippen MR) is 96.3 cm³/mol. The van der Waals surface area contributed by atoms with Crippen molar-refractivity contribution in [3.8, 4) is 0 Å². The number of alkyl halides is 3. The van der Waals surface area contributed by atoms with E-state index in [4.69, 9.17) is 0 Å². The first-order valence-corrected chi connectivity index (χ1v) is 8.26. The Bertz CT molecular complexity index is 1240. The molecular weight excluding hydrogens is 400 g/mol. The van der Waals surface area contributed by atoms with Gasteiger partial charge in [0.2, 0.25) is 5.95 Å². The predicted octanol–water partition coefficient (Wildman–Crippen LogP) is 4.89. The lowest BCUT2D eigenvalue weighted by Crippen LogP contribution is -2.26. The van der Waals surface area contributed by atoms with Crippen molar-refractivity contribution in [3.63, 3.8) is 0 Å². The number of rotatable bonds is 3. The minimum atomic E-state index is -4.73. The van der Waals surface area contributed by atoms with Gasteiger partial charge in [-0.25, -0.2) is 22.8 Å². The van der Waals surface area contributed by atoms with E-state index in [1.165, 1.54) is 15.9 Å². The maximum absolute atomic E-state index is 14.5. The zero-order valence-corrected chi connectivity index (χ0v) is 15.0. The molecule has 0 fully saturated rings. The van der Waals surface area contributed by atoms with E-state index in [0.717, 1.165) is 18.2 Å². The highest BCUT2D eigenvalue weighted by Crippen LogP contribution is 2.35. The average molecular weight is 413 g/mol. The number of aromatic nitrogens is 3. The van der Waals surface area contributed by atoms with Crippen LogP contribution in [0.15, 0.2) is 30.5 Å². The van der Waals surface area contributed by atoms with Crippen LogP contribution in [0.1, 0.15) is 5.56 Å². The van der Waals surface area contributed by atoms with E-state index in [2.05, 4.69) is 15.3 Å². The fourth-order valence-corrected chi connectivity index (χ4v) is 3.12. The number of hydrogen-bond donors (Lipinski definition) is 2. The van der Waals surface area contributed by atoms with Gasteiger partial charge in [-0.3, -0.25) is 0 Å². The van der Waals surface area contributed by atoms with Crippen LogP contribution < -0.4 is 10.3 Å². The summed E-state index contributed by atoms with van der Waals surface area (Å²) in [5.41, 5.74) is -0.964. The van der Waals surface area contributed by atoms with Crippen LogP contribution in [-0.2, 0) is 6.18 Å². The Balaban J connectivity index is 1.89. The molecule has 5 nitrogen and oxygen atoms in total. The van der Waals surface area contributed by atoms with Gasteiger partial charge in [0.15, 0.2) is 17.5 Å². The number of H-pyrrole nitrogens is 1. The van der Waals surface area contributed by atoms with Gasteiger partial charge in [-0.1, -0.05) is 0 Å². The minimum absolute atomic E-state index is 0.00569. The zero-order chi connectivity index (χ0) is 21.1. The van der Waals surface area contributed by atoms with Gasteiger partial charge in [0.1, 0.15) is 5.52 Å². The lowest BCUT2D eigenvalue weighted by atomic mass is 10.2. The van der Waals surface area contributed by atoms with Crippen LogP contribution in [0, 0.1) is 17.5 Å². The summed E-state index contributed by atoms with van der Waals surface area (Å²) in [6.45, 7) is 0. The quantitative estimate of drug-likeness (QED) is 0.470. The van der Waals surface area contributed by atoms with Gasteiger partial charge in [-0.05, 0) is 18.2 Å². The fourth-order valence-electron chi connectivity index (χ4n) is 3.12. The number of hydrogen-bond acceptors (Lipinski definition) is 3. The Labute approximate surface area is 159 Å². The molecule has 0 aliphatic carbocycles. The van der Waals surface area contributed by atoms with Gasteiger partial charge in [0.05, 0.1) is 22.3 Å². The zero-order valence-electron chi connectivity index (χ0n) is 15.0. The lowest BCUT2D eigenvalue weighted by Gasteiger charge is -2.19. The minimum Gasteiger partial charge on any atom is -0.359 e. The summed E-state index contributed by atoms with van der Waals surface area (Å²) >= 11 is 0. The molecule has 2 N–H and O–H groups in total. The van der Waals surface area contributed by atoms with Crippen LogP contribution in [-0.4, -0.2) is 28.7 Å². The first kappa shape index (κ1) is 19.0. The van der Waals surface area contributed by atoms with Crippen LogP contribution in [0.3, 0.4) is 0 Å². The summed E-state index contributed by atoms with van der Waals surface area (Å²) in [6.07, 6.45) is -3.32. The molecule has 2 aromatic heterocycles. The topological polar surface area (TPSA) is 48.9 Å². The smallest absolute Gasteiger partial charge is 0.359 e. The summed E-state index contributed by atoms with van der Waals surface area (Å²) in [5, 5.41) is 4.55. The summed E-state index contributed by atoms with van der Waals surface area (Å²) in [6, 6.07) is 3.08. The third-order valence-electron chi connectivity index (χ3n) is 4.38. The van der Waals surface area contributed by atoms with Gasteiger partial charge in [0, 0.05) is 31.7 Å². The normalized spacial score (nSPS) is 12.1. The summed E-state index contributed by atoms with van der Waals surface area (Å²) < 4.78 is 81.8. The Hall–Kier alpha value is -3.37. The number of halogens is 6. The number of nitrogens with zero attached hydrogens (tertiary/aromatic N) is 3. The van der Waals surface area contributed by atoms with Crippen molar-refractivity contribution in [2.45, 2.75) is 6.18 Å². The van der Waals surface area contributed by atoms with Crippen LogP contribution in [0.4, 0.5) is 38.0 Å². The van der Waals surface area contributed by atoms with Gasteiger partial charge >= 0.3 is 6.18 Å². The molecular formula is C18H13F6N5. The maximum atomic E-state index is 14.5. The van der Waals surface area contributed by atoms with Crippen molar-refractivity contribution in [2.75, 3.05) is 24.4 Å². The van der Waals surface area contributed by atoms with Crippen molar-refractivity contribution in [3.05, 3.63) is 53.5 Å². The van der Waals surface area contributed by atoms with E-state index in [1.54, 1.807) is 14.1 Å². The van der Waals surface area contributed by atoms with Crippen molar-refractivity contribution in [2.24, 2.45) is 0 Å². The molecule has 4 aromatic rings. The van der Waals surface area contributed by atoms with Gasteiger partial charge < -0.3 is 15.3 Å². The van der Waals surface area contributed by atoms with E-state index in [1.807, 2.05) is 0 Å². The van der Waals surface area contributed by atoms with E-state index < -0.39 is 29.2 Å². The molecule has 0 radical (unpaired) electrons. The molecule has 152 valence electrons. The van der Waals surface area contributed by atoms with Gasteiger partial charge in [-0.15, -0.1) is 0 Å². The third kappa shape index (κ3) is 3.12. The number of benzene rings is 2. The monoisotopic (exact) mass is 413 g/mol. The van der Waals surface area contributed by atoms with Crippen LogP contribution in [0.5, 0.6) is 0 Å². The first-order chi connectivity index (χ1) is 13.6. The second kappa shape index (κ2) is 6.33. The molecule has 2 heterocycles. The van der Waals surface area contributed by atoms with Crippen LogP contribution in [0.25, 0.3) is 21.9 Å². The average Bonchev–Trinajstić information content (AvgIpc) is 3.16.